The van der Waals surface area contributed by atoms with E-state index in [-0.39, 0.29) is 24.0 Å². The van der Waals surface area contributed by atoms with Crippen LogP contribution >= 0.6 is 11.3 Å². The second-order valence-corrected chi connectivity index (χ2v) is 9.67. The van der Waals surface area contributed by atoms with E-state index >= 15 is 0 Å². The summed E-state index contributed by atoms with van der Waals surface area (Å²) in [5.41, 5.74) is 2.04. The van der Waals surface area contributed by atoms with Gasteiger partial charge in [-0.05, 0) is 43.4 Å². The summed E-state index contributed by atoms with van der Waals surface area (Å²) in [6, 6.07) is 6.67. The van der Waals surface area contributed by atoms with Gasteiger partial charge in [0.05, 0.1) is 11.1 Å². The minimum Gasteiger partial charge on any atom is -0.366 e. The molecule has 4 heterocycles. The normalized spacial score (nSPS) is 16.5. The van der Waals surface area contributed by atoms with Gasteiger partial charge in [-0.25, -0.2) is 23.3 Å². The summed E-state index contributed by atoms with van der Waals surface area (Å²) in [4.78, 5) is 36.3. The van der Waals surface area contributed by atoms with Gasteiger partial charge in [-0.3, -0.25) is 4.79 Å². The predicted molar refractivity (Wildman–Crippen MR) is 124 cm³/mol. The Morgan fingerprint density at radius 2 is 1.88 bits per heavy atom. The van der Waals surface area contributed by atoms with Crippen molar-refractivity contribution in [2.24, 2.45) is 0 Å². The number of aromatic nitrogens is 4. The third-order valence-electron chi connectivity index (χ3n) is 6.65. The Hall–Kier alpha value is -3.27. The molecule has 1 aliphatic carbocycles. The highest BCUT2D eigenvalue weighted by Crippen LogP contribution is 2.36. The highest BCUT2D eigenvalue weighted by atomic mass is 32.1. The molecule has 2 aliphatic rings. The first-order valence-electron chi connectivity index (χ1n) is 11.3. The van der Waals surface area contributed by atoms with Crippen LogP contribution in [0.2, 0.25) is 0 Å². The Morgan fingerprint density at radius 3 is 2.70 bits per heavy atom. The third-order valence-corrected chi connectivity index (χ3v) is 7.85. The number of thiophene rings is 1. The highest BCUT2D eigenvalue weighted by Gasteiger charge is 2.25. The van der Waals surface area contributed by atoms with Crippen molar-refractivity contribution in [3.63, 3.8) is 0 Å². The Labute approximate surface area is 192 Å². The van der Waals surface area contributed by atoms with Crippen LogP contribution in [-0.4, -0.2) is 56.2 Å². The molecule has 0 atom stereocenters. The predicted octanol–water partition coefficient (Wildman–Crippen LogP) is 2.47. The van der Waals surface area contributed by atoms with Crippen molar-refractivity contribution in [1.29, 1.82) is 0 Å². The maximum absolute atomic E-state index is 14.1. The molecule has 0 unspecified atom stereocenters. The summed E-state index contributed by atoms with van der Waals surface area (Å²) in [5.74, 6) is -0.422. The van der Waals surface area contributed by atoms with Gasteiger partial charge in [-0.1, -0.05) is 12.1 Å². The first-order valence-corrected chi connectivity index (χ1v) is 12.1. The van der Waals surface area contributed by atoms with Crippen molar-refractivity contribution >= 4 is 38.8 Å². The highest BCUT2D eigenvalue weighted by molar-refractivity contribution is 7.19. The number of hydrogen-bond acceptors (Lipinski definition) is 6. The number of carbonyl (C=O) groups is 1. The van der Waals surface area contributed by atoms with Crippen LogP contribution in [0.1, 0.15) is 23.3 Å². The van der Waals surface area contributed by atoms with Crippen molar-refractivity contribution in [3.8, 4) is 0 Å². The van der Waals surface area contributed by atoms with Gasteiger partial charge in [0.1, 0.15) is 23.5 Å². The molecule has 1 amide bonds. The number of anilines is 1. The quantitative estimate of drug-likeness (QED) is 0.464. The summed E-state index contributed by atoms with van der Waals surface area (Å²) in [6.07, 6.45) is 5.84. The number of nitrogens with zero attached hydrogens (tertiary/aromatic N) is 6. The first kappa shape index (κ1) is 20.3. The number of fused-ring (bicyclic) bond motifs is 5. The fourth-order valence-electron chi connectivity index (χ4n) is 4.91. The fraction of sp³-hybridized carbons (Fsp3) is 0.391. The molecule has 33 heavy (non-hydrogen) atoms. The second kappa shape index (κ2) is 7.95. The summed E-state index contributed by atoms with van der Waals surface area (Å²) in [5, 5.41) is 5.51. The second-order valence-electron chi connectivity index (χ2n) is 8.59. The van der Waals surface area contributed by atoms with Gasteiger partial charge in [-0.15, -0.1) is 16.4 Å². The Bertz CT molecular complexity index is 1430. The van der Waals surface area contributed by atoms with Crippen LogP contribution in [0.15, 0.2) is 35.4 Å². The van der Waals surface area contributed by atoms with Crippen molar-refractivity contribution in [1.82, 2.24) is 24.1 Å². The zero-order chi connectivity index (χ0) is 22.5. The summed E-state index contributed by atoms with van der Waals surface area (Å²) in [7, 11) is 0. The summed E-state index contributed by atoms with van der Waals surface area (Å²) in [6.45, 7) is 1.91. The number of amides is 1. The van der Waals surface area contributed by atoms with Crippen LogP contribution in [0.4, 0.5) is 10.1 Å². The van der Waals surface area contributed by atoms with Crippen molar-refractivity contribution in [3.05, 3.63) is 57.3 Å². The van der Waals surface area contributed by atoms with Gasteiger partial charge in [0.2, 0.25) is 5.91 Å². The lowest BCUT2D eigenvalue weighted by Crippen LogP contribution is -2.50. The van der Waals surface area contributed by atoms with Crippen LogP contribution in [-0.2, 0) is 24.2 Å². The van der Waals surface area contributed by atoms with E-state index < -0.39 is 0 Å². The Kier molecular flexibility index (Phi) is 4.90. The van der Waals surface area contributed by atoms with Crippen molar-refractivity contribution < 1.29 is 9.18 Å². The molecule has 1 aromatic carbocycles. The average molecular weight is 467 g/mol. The van der Waals surface area contributed by atoms with Crippen LogP contribution in [0.5, 0.6) is 0 Å². The minimum absolute atomic E-state index is 0.117. The van der Waals surface area contributed by atoms with E-state index in [9.17, 15) is 14.0 Å². The molecular formula is C23H23FN6O2S. The van der Waals surface area contributed by atoms with E-state index in [1.54, 1.807) is 28.4 Å². The maximum atomic E-state index is 14.1. The molecule has 170 valence electrons. The topological polar surface area (TPSA) is 75.7 Å². The third kappa shape index (κ3) is 3.40. The van der Waals surface area contributed by atoms with Gasteiger partial charge in [-0.2, -0.15) is 0 Å². The first-order chi connectivity index (χ1) is 16.1. The monoisotopic (exact) mass is 466 g/mol. The molecule has 0 radical (unpaired) electrons. The standard InChI is InChI=1S/C23H23FN6O2S/c24-16-6-2-3-7-17(16)27-9-11-28(12-10-27)19(31)13-30-23(32)29-14-25-22-20(21(29)26-30)15-5-1-4-8-18(15)33-22/h2-3,6-7,14H,1,4-5,8-13H2. The Morgan fingerprint density at radius 1 is 1.09 bits per heavy atom. The SMILES string of the molecule is O=C(Cn1nc2c3c4c(sc3ncn2c1=O)CCCC4)N1CCN(c2ccccc2F)CC1. The summed E-state index contributed by atoms with van der Waals surface area (Å²) < 4.78 is 16.8. The lowest BCUT2D eigenvalue weighted by Gasteiger charge is -2.36. The number of rotatable bonds is 3. The van der Waals surface area contributed by atoms with Crippen LogP contribution in [0, 0.1) is 5.82 Å². The molecular weight excluding hydrogens is 443 g/mol. The average Bonchev–Trinajstić information content (AvgIpc) is 3.37. The molecule has 4 aromatic rings. The zero-order valence-corrected chi connectivity index (χ0v) is 18.9. The minimum atomic E-state index is -0.353. The van der Waals surface area contributed by atoms with Crippen LogP contribution in [0.3, 0.4) is 0 Å². The smallest absolute Gasteiger partial charge is 0.352 e. The van der Waals surface area contributed by atoms with E-state index in [0.717, 1.165) is 29.5 Å². The number of para-hydroxylation sites is 1. The van der Waals surface area contributed by atoms with Gasteiger partial charge in [0.25, 0.3) is 0 Å². The van der Waals surface area contributed by atoms with Gasteiger partial charge >= 0.3 is 5.69 Å². The van der Waals surface area contributed by atoms with Gasteiger partial charge in [0.15, 0.2) is 5.65 Å². The molecule has 0 bridgehead atoms. The van der Waals surface area contributed by atoms with Crippen molar-refractivity contribution in [2.75, 3.05) is 31.1 Å². The number of benzene rings is 1. The largest absolute Gasteiger partial charge is 0.366 e. The maximum Gasteiger partial charge on any atom is 0.352 e. The Balaban J connectivity index is 1.23. The zero-order valence-electron chi connectivity index (χ0n) is 18.0. The molecule has 1 saturated heterocycles. The van der Waals surface area contributed by atoms with E-state index in [0.29, 0.717) is 37.5 Å². The molecule has 1 aliphatic heterocycles. The van der Waals surface area contributed by atoms with E-state index in [2.05, 4.69) is 10.1 Å². The lowest BCUT2D eigenvalue weighted by molar-refractivity contribution is -0.132. The van der Waals surface area contributed by atoms with Gasteiger partial charge < -0.3 is 9.80 Å². The molecule has 0 saturated carbocycles. The van der Waals surface area contributed by atoms with Crippen LogP contribution in [0.25, 0.3) is 15.9 Å². The molecule has 8 nitrogen and oxygen atoms in total. The fourth-order valence-corrected chi connectivity index (χ4v) is 6.14. The lowest BCUT2D eigenvalue weighted by atomic mass is 9.97. The van der Waals surface area contributed by atoms with E-state index in [4.69, 9.17) is 0 Å². The summed E-state index contributed by atoms with van der Waals surface area (Å²) >= 11 is 1.68. The number of carbonyl (C=O) groups excluding carboxylic acids is 1. The molecule has 10 heteroatoms. The molecule has 0 spiro atoms. The molecule has 3 aromatic heterocycles. The van der Waals surface area contributed by atoms with Crippen LogP contribution < -0.4 is 10.6 Å². The molecule has 1 fully saturated rings. The number of piperazine rings is 1. The molecule has 6 rings (SSSR count). The van der Waals surface area contributed by atoms with Gasteiger partial charge in [0, 0.05) is 31.1 Å². The number of halogens is 1. The van der Waals surface area contributed by atoms with E-state index in [1.807, 2.05) is 11.0 Å². The van der Waals surface area contributed by atoms with E-state index in [1.165, 1.54) is 38.3 Å². The molecule has 0 N–H and O–H groups in total. The number of hydrogen-bond donors (Lipinski definition) is 0. The number of aryl methyl sites for hydroxylation is 2. The van der Waals surface area contributed by atoms with Crippen molar-refractivity contribution in [2.45, 2.75) is 32.2 Å².